The van der Waals surface area contributed by atoms with Gasteiger partial charge in [0.1, 0.15) is 0 Å². The summed E-state index contributed by atoms with van der Waals surface area (Å²) in [4.78, 5) is 0. The van der Waals surface area contributed by atoms with E-state index in [-0.39, 0.29) is 6.04 Å². The van der Waals surface area contributed by atoms with Gasteiger partial charge in [-0.15, -0.1) is 0 Å². The van der Waals surface area contributed by atoms with Crippen molar-refractivity contribution in [2.75, 3.05) is 17.3 Å². The molecule has 0 saturated carbocycles. The summed E-state index contributed by atoms with van der Waals surface area (Å²) in [5.41, 5.74) is 8.89. The highest BCUT2D eigenvalue weighted by Crippen LogP contribution is 2.32. The molecule has 15 heavy (non-hydrogen) atoms. The van der Waals surface area contributed by atoms with Crippen molar-refractivity contribution in [1.29, 1.82) is 0 Å². The molecule has 2 N–H and O–H groups in total. The van der Waals surface area contributed by atoms with Crippen LogP contribution in [-0.2, 0) is 0 Å². The summed E-state index contributed by atoms with van der Waals surface area (Å²) >= 11 is 4.06. The summed E-state index contributed by atoms with van der Waals surface area (Å²) < 4.78 is 0. The number of thioether (sulfide) groups is 2. The van der Waals surface area contributed by atoms with Crippen LogP contribution in [-0.4, -0.2) is 22.5 Å². The summed E-state index contributed by atoms with van der Waals surface area (Å²) in [6.07, 6.45) is 0. The molecule has 1 aliphatic heterocycles. The second-order valence-electron chi connectivity index (χ2n) is 3.92. The van der Waals surface area contributed by atoms with E-state index in [0.29, 0.717) is 5.25 Å². The van der Waals surface area contributed by atoms with Crippen molar-refractivity contribution in [3.05, 3.63) is 35.4 Å². The fraction of sp³-hybridized carbons (Fsp3) is 0.500. The molecule has 1 aromatic rings. The summed E-state index contributed by atoms with van der Waals surface area (Å²) in [7, 11) is 0. The Hall–Kier alpha value is -0.120. The summed E-state index contributed by atoms with van der Waals surface area (Å²) in [6.45, 7) is 2.12. The monoisotopic (exact) mass is 239 g/mol. The van der Waals surface area contributed by atoms with Gasteiger partial charge in [0.2, 0.25) is 0 Å². The smallest absolute Gasteiger partial charge is 0.0423 e. The van der Waals surface area contributed by atoms with Gasteiger partial charge in [0, 0.05) is 28.6 Å². The molecule has 0 radical (unpaired) electrons. The predicted octanol–water partition coefficient (Wildman–Crippen LogP) is 2.84. The zero-order chi connectivity index (χ0) is 10.7. The molecular formula is C12H17NS2. The first-order valence-corrected chi connectivity index (χ1v) is 7.49. The molecule has 1 aliphatic rings. The lowest BCUT2D eigenvalue weighted by Crippen LogP contribution is -2.28. The van der Waals surface area contributed by atoms with Crippen molar-refractivity contribution < 1.29 is 0 Å². The maximum Gasteiger partial charge on any atom is 0.0423 e. The zero-order valence-corrected chi connectivity index (χ0v) is 10.6. The zero-order valence-electron chi connectivity index (χ0n) is 8.98. The normalized spacial score (nSPS) is 23.7. The Morgan fingerprint density at radius 2 is 2.27 bits per heavy atom. The number of aryl methyl sites for hydroxylation is 1. The second kappa shape index (κ2) is 5.28. The topological polar surface area (TPSA) is 26.0 Å². The lowest BCUT2D eigenvalue weighted by atomic mass is 10.0. The molecule has 0 spiro atoms. The molecule has 0 aliphatic carbocycles. The van der Waals surface area contributed by atoms with E-state index < -0.39 is 0 Å². The van der Waals surface area contributed by atoms with Crippen LogP contribution in [0.2, 0.25) is 0 Å². The van der Waals surface area contributed by atoms with Gasteiger partial charge in [0.25, 0.3) is 0 Å². The number of rotatable bonds is 2. The van der Waals surface area contributed by atoms with Crippen LogP contribution in [0, 0.1) is 6.92 Å². The van der Waals surface area contributed by atoms with Gasteiger partial charge in [0.05, 0.1) is 0 Å². The van der Waals surface area contributed by atoms with Gasteiger partial charge in [-0.3, -0.25) is 0 Å². The van der Waals surface area contributed by atoms with Gasteiger partial charge >= 0.3 is 0 Å². The Kier molecular flexibility index (Phi) is 4.00. The van der Waals surface area contributed by atoms with E-state index in [0.717, 1.165) is 0 Å². The molecule has 1 fully saturated rings. The molecule has 0 amide bonds. The molecule has 0 bridgehead atoms. The van der Waals surface area contributed by atoms with Gasteiger partial charge in [-0.25, -0.2) is 0 Å². The largest absolute Gasteiger partial charge is 0.323 e. The molecular weight excluding hydrogens is 222 g/mol. The molecule has 3 heteroatoms. The lowest BCUT2D eigenvalue weighted by Gasteiger charge is -2.27. The number of hydrogen-bond acceptors (Lipinski definition) is 3. The molecule has 2 unspecified atom stereocenters. The minimum atomic E-state index is 0.197. The Bertz CT molecular complexity index is 321. The minimum absolute atomic E-state index is 0.197. The Morgan fingerprint density at radius 1 is 1.40 bits per heavy atom. The maximum atomic E-state index is 6.30. The molecule has 1 heterocycles. The molecule has 1 saturated heterocycles. The standard InChI is InChI=1S/C12H17NS2/c1-9-3-2-4-10(7-9)12(13)11-8-14-5-6-15-11/h2-4,7,11-12H,5-6,8,13H2,1H3. The van der Waals surface area contributed by atoms with Crippen LogP contribution in [0.3, 0.4) is 0 Å². The van der Waals surface area contributed by atoms with Gasteiger partial charge < -0.3 is 5.73 Å². The predicted molar refractivity (Wildman–Crippen MR) is 71.7 cm³/mol. The van der Waals surface area contributed by atoms with E-state index in [4.69, 9.17) is 5.73 Å². The van der Waals surface area contributed by atoms with Gasteiger partial charge in [-0.05, 0) is 12.5 Å². The fourth-order valence-electron chi connectivity index (χ4n) is 1.81. The Labute approximate surface area is 100 Å². The molecule has 1 nitrogen and oxygen atoms in total. The van der Waals surface area contributed by atoms with Crippen molar-refractivity contribution in [3.8, 4) is 0 Å². The van der Waals surface area contributed by atoms with Crippen LogP contribution < -0.4 is 5.73 Å². The van der Waals surface area contributed by atoms with Crippen LogP contribution in [0.1, 0.15) is 17.2 Å². The quantitative estimate of drug-likeness (QED) is 0.859. The fourth-order valence-corrected chi connectivity index (χ4v) is 4.61. The van der Waals surface area contributed by atoms with E-state index in [1.807, 2.05) is 23.5 Å². The Balaban J connectivity index is 2.08. The van der Waals surface area contributed by atoms with Gasteiger partial charge in [-0.2, -0.15) is 23.5 Å². The van der Waals surface area contributed by atoms with Crippen molar-refractivity contribution >= 4 is 23.5 Å². The third-order valence-electron chi connectivity index (χ3n) is 2.67. The maximum absolute atomic E-state index is 6.30. The van der Waals surface area contributed by atoms with Crippen molar-refractivity contribution in [1.82, 2.24) is 0 Å². The first-order chi connectivity index (χ1) is 7.27. The number of hydrogen-bond donors (Lipinski definition) is 1. The minimum Gasteiger partial charge on any atom is -0.323 e. The third kappa shape index (κ3) is 2.92. The van der Waals surface area contributed by atoms with E-state index in [2.05, 4.69) is 31.2 Å². The summed E-state index contributed by atoms with van der Waals surface area (Å²) in [6, 6.07) is 8.79. The van der Waals surface area contributed by atoms with Crippen LogP contribution in [0.4, 0.5) is 0 Å². The molecule has 2 rings (SSSR count). The van der Waals surface area contributed by atoms with E-state index >= 15 is 0 Å². The third-order valence-corrected chi connectivity index (χ3v) is 5.55. The van der Waals surface area contributed by atoms with Crippen molar-refractivity contribution in [2.45, 2.75) is 18.2 Å². The van der Waals surface area contributed by atoms with E-state index in [1.165, 1.54) is 28.4 Å². The average Bonchev–Trinajstić information content (AvgIpc) is 2.29. The number of nitrogens with two attached hydrogens (primary N) is 1. The number of benzene rings is 1. The summed E-state index contributed by atoms with van der Waals surface area (Å²) in [5, 5.41) is 0.588. The van der Waals surface area contributed by atoms with Crippen molar-refractivity contribution in [3.63, 3.8) is 0 Å². The second-order valence-corrected chi connectivity index (χ2v) is 6.42. The van der Waals surface area contributed by atoms with E-state index in [9.17, 15) is 0 Å². The average molecular weight is 239 g/mol. The SMILES string of the molecule is Cc1cccc(C(N)C2CSCCS2)c1. The van der Waals surface area contributed by atoms with Crippen LogP contribution >= 0.6 is 23.5 Å². The van der Waals surface area contributed by atoms with Crippen LogP contribution in [0.15, 0.2) is 24.3 Å². The molecule has 82 valence electrons. The van der Waals surface area contributed by atoms with Crippen LogP contribution in [0.5, 0.6) is 0 Å². The first-order valence-electron chi connectivity index (χ1n) is 5.29. The van der Waals surface area contributed by atoms with Crippen LogP contribution in [0.25, 0.3) is 0 Å². The van der Waals surface area contributed by atoms with Gasteiger partial charge in [0.15, 0.2) is 0 Å². The van der Waals surface area contributed by atoms with Crippen molar-refractivity contribution in [2.24, 2.45) is 5.73 Å². The summed E-state index contributed by atoms with van der Waals surface area (Å²) in [5.74, 6) is 3.72. The highest BCUT2D eigenvalue weighted by Gasteiger charge is 2.22. The highest BCUT2D eigenvalue weighted by atomic mass is 32.2. The molecule has 1 aromatic carbocycles. The molecule has 2 atom stereocenters. The lowest BCUT2D eigenvalue weighted by molar-refractivity contribution is 0.719. The first kappa shape index (κ1) is 11.4. The van der Waals surface area contributed by atoms with Gasteiger partial charge in [-0.1, -0.05) is 29.8 Å². The van der Waals surface area contributed by atoms with E-state index in [1.54, 1.807) is 0 Å². The highest BCUT2D eigenvalue weighted by molar-refractivity contribution is 8.06. The molecule has 0 aromatic heterocycles. The Morgan fingerprint density at radius 3 is 2.93 bits per heavy atom.